The molecule has 3 N–H and O–H groups in total. The number of aromatic amines is 1. The minimum atomic E-state index is -1.18. The highest BCUT2D eigenvalue weighted by Gasteiger charge is 2.18. The smallest absolute Gasteiger partial charge is 0.334 e. The van der Waals surface area contributed by atoms with Gasteiger partial charge in [-0.2, -0.15) is 0 Å². The average Bonchev–Trinajstić information content (AvgIpc) is 2.47. The number of pyridine rings is 1. The molecule has 0 saturated carbocycles. The van der Waals surface area contributed by atoms with Crippen LogP contribution in [0.3, 0.4) is 0 Å². The Bertz CT molecular complexity index is 737. The molecule has 2 aromatic rings. The zero-order valence-corrected chi connectivity index (χ0v) is 11.3. The summed E-state index contributed by atoms with van der Waals surface area (Å²) in [5, 5.41) is 12.3. The molecule has 0 spiro atoms. The quantitative estimate of drug-likeness (QED) is 0.736. The van der Waals surface area contributed by atoms with Crippen LogP contribution in [0.4, 0.5) is 0 Å². The lowest BCUT2D eigenvalue weighted by atomic mass is 10.1. The Morgan fingerprint density at radius 2 is 2.10 bits per heavy atom. The van der Waals surface area contributed by atoms with Crippen molar-refractivity contribution >= 4 is 22.6 Å². The number of carbonyl (C=O) groups is 2. The second-order valence-electron chi connectivity index (χ2n) is 4.37. The van der Waals surface area contributed by atoms with E-state index in [0.29, 0.717) is 10.8 Å². The molecule has 0 aliphatic rings. The number of methoxy groups -OCH3 is 1. The molecule has 21 heavy (non-hydrogen) atoms. The Balaban J connectivity index is 2.20. The Hall–Kier alpha value is -2.67. The number of hydrogen-bond acceptors (Lipinski definition) is 4. The van der Waals surface area contributed by atoms with Crippen molar-refractivity contribution in [3.8, 4) is 0 Å². The topological polar surface area (TPSA) is 108 Å². The number of ether oxygens (including phenoxy) is 1. The fourth-order valence-corrected chi connectivity index (χ4v) is 1.89. The van der Waals surface area contributed by atoms with Crippen LogP contribution in [0.1, 0.15) is 10.5 Å². The Morgan fingerprint density at radius 1 is 1.38 bits per heavy atom. The molecular formula is C14H14N2O5. The molecule has 0 radical (unpaired) electrons. The summed E-state index contributed by atoms with van der Waals surface area (Å²) in [6.45, 7) is -0.195. The van der Waals surface area contributed by atoms with E-state index in [0.717, 1.165) is 0 Å². The fraction of sp³-hybridized carbons (Fsp3) is 0.214. The largest absolute Gasteiger partial charge is 0.479 e. The molecular weight excluding hydrogens is 276 g/mol. The zero-order chi connectivity index (χ0) is 15.4. The van der Waals surface area contributed by atoms with Crippen molar-refractivity contribution in [2.24, 2.45) is 0 Å². The molecule has 0 bridgehead atoms. The number of benzene rings is 1. The Labute approximate surface area is 119 Å². The minimum absolute atomic E-state index is 0.0685. The number of amides is 1. The molecule has 0 fully saturated rings. The summed E-state index contributed by atoms with van der Waals surface area (Å²) < 4.78 is 4.71. The van der Waals surface area contributed by atoms with Gasteiger partial charge >= 0.3 is 5.97 Å². The summed E-state index contributed by atoms with van der Waals surface area (Å²) >= 11 is 0. The first kappa shape index (κ1) is 14.7. The van der Waals surface area contributed by atoms with Crippen LogP contribution >= 0.6 is 0 Å². The lowest BCUT2D eigenvalue weighted by Crippen LogP contribution is -2.38. The van der Waals surface area contributed by atoms with Crippen molar-refractivity contribution in [2.45, 2.75) is 6.10 Å². The van der Waals surface area contributed by atoms with Crippen LogP contribution in [-0.4, -0.2) is 41.7 Å². The molecule has 0 saturated heterocycles. The highest BCUT2D eigenvalue weighted by molar-refractivity contribution is 5.96. The van der Waals surface area contributed by atoms with Crippen LogP contribution < -0.4 is 10.9 Å². The number of hydrogen-bond donors (Lipinski definition) is 3. The molecule has 1 atom stereocenters. The van der Waals surface area contributed by atoms with Gasteiger partial charge in [-0.05, 0) is 17.5 Å². The van der Waals surface area contributed by atoms with Gasteiger partial charge in [-0.25, -0.2) is 4.79 Å². The van der Waals surface area contributed by atoms with Crippen LogP contribution in [0.15, 0.2) is 35.1 Å². The van der Waals surface area contributed by atoms with Crippen molar-refractivity contribution in [1.82, 2.24) is 10.3 Å². The Morgan fingerprint density at radius 3 is 2.76 bits per heavy atom. The summed E-state index contributed by atoms with van der Waals surface area (Å²) in [4.78, 5) is 37.0. The van der Waals surface area contributed by atoms with E-state index < -0.39 is 18.0 Å². The van der Waals surface area contributed by atoms with Crippen molar-refractivity contribution < 1.29 is 19.4 Å². The van der Waals surface area contributed by atoms with Gasteiger partial charge < -0.3 is 20.1 Å². The van der Waals surface area contributed by atoms with Gasteiger partial charge in [-0.3, -0.25) is 9.59 Å². The van der Waals surface area contributed by atoms with Crippen LogP contribution in [0.2, 0.25) is 0 Å². The number of rotatable bonds is 5. The molecule has 1 unspecified atom stereocenters. The molecule has 7 heteroatoms. The highest BCUT2D eigenvalue weighted by Crippen LogP contribution is 2.09. The number of carboxylic acids is 1. The monoisotopic (exact) mass is 290 g/mol. The summed E-state index contributed by atoms with van der Waals surface area (Å²) in [7, 11) is 1.24. The van der Waals surface area contributed by atoms with Gasteiger partial charge in [-0.15, -0.1) is 0 Å². The maximum Gasteiger partial charge on any atom is 0.334 e. The van der Waals surface area contributed by atoms with Crippen LogP contribution in [0.5, 0.6) is 0 Å². The van der Waals surface area contributed by atoms with Crippen LogP contribution in [0.25, 0.3) is 10.8 Å². The van der Waals surface area contributed by atoms with Gasteiger partial charge in [-0.1, -0.05) is 18.2 Å². The maximum atomic E-state index is 12.0. The predicted molar refractivity (Wildman–Crippen MR) is 75.3 cm³/mol. The van der Waals surface area contributed by atoms with E-state index in [1.165, 1.54) is 13.2 Å². The first-order valence-corrected chi connectivity index (χ1v) is 6.19. The van der Waals surface area contributed by atoms with Crippen molar-refractivity contribution in [1.29, 1.82) is 0 Å². The summed E-state index contributed by atoms with van der Waals surface area (Å²) in [5.41, 5.74) is -0.307. The first-order valence-electron chi connectivity index (χ1n) is 6.19. The maximum absolute atomic E-state index is 12.0. The number of aliphatic carboxylic acids is 1. The van der Waals surface area contributed by atoms with Crippen molar-refractivity contribution in [3.05, 3.63) is 46.4 Å². The zero-order valence-electron chi connectivity index (χ0n) is 11.3. The van der Waals surface area contributed by atoms with E-state index in [1.54, 1.807) is 24.3 Å². The third-order valence-corrected chi connectivity index (χ3v) is 3.01. The van der Waals surface area contributed by atoms with Gasteiger partial charge in [0.25, 0.3) is 11.5 Å². The van der Waals surface area contributed by atoms with Crippen molar-refractivity contribution in [3.63, 3.8) is 0 Å². The number of aromatic nitrogens is 1. The van der Waals surface area contributed by atoms with Gasteiger partial charge in [0.2, 0.25) is 0 Å². The number of carboxylic acid groups (broad SMARTS) is 1. The second kappa shape index (κ2) is 6.19. The highest BCUT2D eigenvalue weighted by atomic mass is 16.5. The van der Waals surface area contributed by atoms with Gasteiger partial charge in [0.15, 0.2) is 6.10 Å². The van der Waals surface area contributed by atoms with E-state index >= 15 is 0 Å². The predicted octanol–water partition coefficient (Wildman–Crippen LogP) is 0.358. The van der Waals surface area contributed by atoms with E-state index in [2.05, 4.69) is 10.3 Å². The first-order chi connectivity index (χ1) is 10.0. The van der Waals surface area contributed by atoms with Crippen LogP contribution in [0, 0.1) is 0 Å². The van der Waals surface area contributed by atoms with Crippen LogP contribution in [-0.2, 0) is 9.53 Å². The molecule has 7 nitrogen and oxygen atoms in total. The van der Waals surface area contributed by atoms with E-state index in [-0.39, 0.29) is 17.8 Å². The normalized spacial score (nSPS) is 12.0. The number of fused-ring (bicyclic) bond motifs is 1. The average molecular weight is 290 g/mol. The summed E-state index contributed by atoms with van der Waals surface area (Å²) in [6, 6.07) is 8.40. The lowest BCUT2D eigenvalue weighted by Gasteiger charge is -2.11. The third kappa shape index (κ3) is 3.26. The fourth-order valence-electron chi connectivity index (χ4n) is 1.89. The SMILES string of the molecule is COC(CNC(=O)c1cc2ccccc2c(=O)[nH]1)C(=O)O. The van der Waals surface area contributed by atoms with Gasteiger partial charge in [0, 0.05) is 12.5 Å². The third-order valence-electron chi connectivity index (χ3n) is 3.01. The number of nitrogens with one attached hydrogen (secondary N) is 2. The molecule has 2 rings (SSSR count). The van der Waals surface area contributed by atoms with Crippen molar-refractivity contribution in [2.75, 3.05) is 13.7 Å². The number of carbonyl (C=O) groups excluding carboxylic acids is 1. The molecule has 1 heterocycles. The second-order valence-corrected chi connectivity index (χ2v) is 4.37. The number of H-pyrrole nitrogens is 1. The van der Waals surface area contributed by atoms with E-state index in [4.69, 9.17) is 9.84 Å². The van der Waals surface area contributed by atoms with Gasteiger partial charge in [0.1, 0.15) is 5.69 Å². The standard InChI is InChI=1S/C14H14N2O5/c1-21-11(14(19)20)7-15-13(18)10-6-8-4-2-3-5-9(8)12(17)16-10/h2-6,11H,7H2,1H3,(H,15,18)(H,16,17)(H,19,20). The van der Waals surface area contributed by atoms with E-state index in [9.17, 15) is 14.4 Å². The summed E-state index contributed by atoms with van der Waals surface area (Å²) in [6.07, 6.45) is -1.14. The molecule has 1 aromatic carbocycles. The molecule has 110 valence electrons. The molecule has 0 aliphatic heterocycles. The Kier molecular flexibility index (Phi) is 4.34. The van der Waals surface area contributed by atoms with E-state index in [1.807, 2.05) is 0 Å². The molecule has 1 aromatic heterocycles. The summed E-state index contributed by atoms with van der Waals surface area (Å²) in [5.74, 6) is -1.74. The molecule has 1 amide bonds. The lowest BCUT2D eigenvalue weighted by molar-refractivity contribution is -0.148. The minimum Gasteiger partial charge on any atom is -0.479 e. The molecule has 0 aliphatic carbocycles. The van der Waals surface area contributed by atoms with Gasteiger partial charge in [0.05, 0.1) is 6.54 Å².